The molecule has 2 atom stereocenters. The van der Waals surface area contributed by atoms with Crippen molar-refractivity contribution in [1.29, 1.82) is 0 Å². The molecule has 3 rings (SSSR count). The summed E-state index contributed by atoms with van der Waals surface area (Å²) in [6, 6.07) is 17.1. The summed E-state index contributed by atoms with van der Waals surface area (Å²) in [4.78, 5) is 0. The van der Waals surface area contributed by atoms with Gasteiger partial charge in [0.2, 0.25) is 0 Å². The van der Waals surface area contributed by atoms with Crippen molar-refractivity contribution >= 4 is 21.6 Å². The van der Waals surface area contributed by atoms with Crippen molar-refractivity contribution < 1.29 is 0 Å². The molecule has 2 unspecified atom stereocenters. The Hall–Kier alpha value is -1.32. The van der Waals surface area contributed by atoms with E-state index in [1.807, 2.05) is 12.1 Å². The number of fused-ring (bicyclic) bond motifs is 1. The van der Waals surface area contributed by atoms with Gasteiger partial charge in [0.1, 0.15) is 0 Å². The summed E-state index contributed by atoms with van der Waals surface area (Å²) >= 11 is 3.46. The second-order valence-electron chi connectivity index (χ2n) is 4.68. The van der Waals surface area contributed by atoms with Crippen LogP contribution in [-0.4, -0.2) is 0 Å². The molecule has 1 aliphatic rings. The Kier molecular flexibility index (Phi) is 3.10. The topological polar surface area (TPSA) is 38.0 Å². The number of anilines is 1. The number of hydrogen-bond acceptors (Lipinski definition) is 2. The molecule has 0 aromatic heterocycles. The Morgan fingerprint density at radius 1 is 1.06 bits per heavy atom. The summed E-state index contributed by atoms with van der Waals surface area (Å²) in [7, 11) is 0. The van der Waals surface area contributed by atoms with Crippen molar-refractivity contribution in [3.8, 4) is 0 Å². The van der Waals surface area contributed by atoms with Crippen molar-refractivity contribution in [2.45, 2.75) is 18.5 Å². The molecule has 0 saturated carbocycles. The van der Waals surface area contributed by atoms with Gasteiger partial charge in [-0.25, -0.2) is 0 Å². The molecule has 0 fully saturated rings. The zero-order valence-corrected chi connectivity index (χ0v) is 11.5. The standard InChI is InChI=1S/C15H15BrN2/c16-11-7-5-10(6-8-11)15-9-13(17)12-3-1-2-4-14(12)18-15/h1-8,13,15,18H,9,17H2. The third-order valence-electron chi connectivity index (χ3n) is 3.45. The lowest BCUT2D eigenvalue weighted by molar-refractivity contribution is 0.561. The van der Waals surface area contributed by atoms with Crippen LogP contribution in [-0.2, 0) is 0 Å². The fourth-order valence-corrected chi connectivity index (χ4v) is 2.76. The number of hydrogen-bond donors (Lipinski definition) is 2. The van der Waals surface area contributed by atoms with Gasteiger partial charge in [-0.05, 0) is 35.7 Å². The van der Waals surface area contributed by atoms with Crippen LogP contribution in [0.2, 0.25) is 0 Å². The van der Waals surface area contributed by atoms with E-state index < -0.39 is 0 Å². The molecule has 3 heteroatoms. The zero-order chi connectivity index (χ0) is 12.5. The fourth-order valence-electron chi connectivity index (χ4n) is 2.49. The third-order valence-corrected chi connectivity index (χ3v) is 3.98. The SMILES string of the molecule is NC1CC(c2ccc(Br)cc2)Nc2ccccc21. The van der Waals surface area contributed by atoms with Crippen molar-refractivity contribution in [3.05, 3.63) is 64.1 Å². The first-order valence-corrected chi connectivity index (χ1v) is 6.90. The minimum atomic E-state index is 0.107. The number of nitrogens with one attached hydrogen (secondary N) is 1. The molecule has 3 N–H and O–H groups in total. The quantitative estimate of drug-likeness (QED) is 0.835. The Balaban J connectivity index is 1.92. The summed E-state index contributed by atoms with van der Waals surface area (Å²) in [5.41, 5.74) is 9.91. The van der Waals surface area contributed by atoms with Crippen LogP contribution in [0.15, 0.2) is 53.0 Å². The van der Waals surface area contributed by atoms with Gasteiger partial charge in [-0.1, -0.05) is 46.3 Å². The van der Waals surface area contributed by atoms with Crippen molar-refractivity contribution in [3.63, 3.8) is 0 Å². The van der Waals surface area contributed by atoms with E-state index in [4.69, 9.17) is 5.73 Å². The molecule has 0 bridgehead atoms. The first-order chi connectivity index (χ1) is 8.74. The number of nitrogens with two attached hydrogens (primary N) is 1. The van der Waals surface area contributed by atoms with E-state index in [1.165, 1.54) is 11.1 Å². The van der Waals surface area contributed by atoms with Crippen LogP contribution >= 0.6 is 15.9 Å². The highest BCUT2D eigenvalue weighted by Crippen LogP contribution is 2.37. The molecule has 2 aromatic carbocycles. The maximum Gasteiger partial charge on any atom is 0.0532 e. The molecule has 0 spiro atoms. The lowest BCUT2D eigenvalue weighted by Gasteiger charge is -2.31. The van der Waals surface area contributed by atoms with E-state index in [0.29, 0.717) is 6.04 Å². The van der Waals surface area contributed by atoms with Gasteiger partial charge in [0, 0.05) is 16.2 Å². The lowest BCUT2D eigenvalue weighted by Crippen LogP contribution is -2.25. The van der Waals surface area contributed by atoms with E-state index in [1.54, 1.807) is 0 Å². The molecule has 1 aliphatic heterocycles. The highest BCUT2D eigenvalue weighted by atomic mass is 79.9. The smallest absolute Gasteiger partial charge is 0.0532 e. The molecule has 0 saturated heterocycles. The van der Waals surface area contributed by atoms with Gasteiger partial charge in [0.25, 0.3) is 0 Å². The number of benzene rings is 2. The van der Waals surface area contributed by atoms with Crippen LogP contribution in [0.25, 0.3) is 0 Å². The van der Waals surface area contributed by atoms with Crippen LogP contribution in [0.4, 0.5) is 5.69 Å². The first-order valence-electron chi connectivity index (χ1n) is 6.10. The van der Waals surface area contributed by atoms with Crippen LogP contribution < -0.4 is 11.1 Å². The maximum atomic E-state index is 6.25. The first kappa shape index (κ1) is 11.8. The summed E-state index contributed by atoms with van der Waals surface area (Å²) in [5.74, 6) is 0. The van der Waals surface area contributed by atoms with Crippen LogP contribution in [0.3, 0.4) is 0 Å². The second-order valence-corrected chi connectivity index (χ2v) is 5.59. The van der Waals surface area contributed by atoms with Crippen LogP contribution in [0.5, 0.6) is 0 Å². The predicted octanol–water partition coefficient (Wildman–Crippen LogP) is 4.01. The van der Waals surface area contributed by atoms with Crippen molar-refractivity contribution in [2.24, 2.45) is 5.73 Å². The van der Waals surface area contributed by atoms with Crippen LogP contribution in [0, 0.1) is 0 Å². The van der Waals surface area contributed by atoms with Gasteiger partial charge < -0.3 is 11.1 Å². The average molecular weight is 303 g/mol. The number of para-hydroxylation sites is 1. The molecule has 2 aromatic rings. The average Bonchev–Trinajstić information content (AvgIpc) is 2.39. The Bertz CT molecular complexity index is 551. The molecule has 0 aliphatic carbocycles. The van der Waals surface area contributed by atoms with Gasteiger partial charge in [-0.15, -0.1) is 0 Å². The molecular formula is C15H15BrN2. The number of rotatable bonds is 1. The second kappa shape index (κ2) is 4.75. The number of halogens is 1. The highest BCUT2D eigenvalue weighted by molar-refractivity contribution is 9.10. The zero-order valence-electron chi connectivity index (χ0n) is 9.94. The van der Waals surface area contributed by atoms with Gasteiger partial charge in [0.05, 0.1) is 6.04 Å². The molecule has 0 amide bonds. The normalized spacial score (nSPS) is 22.1. The monoisotopic (exact) mass is 302 g/mol. The van der Waals surface area contributed by atoms with Gasteiger partial charge in [-0.2, -0.15) is 0 Å². The largest absolute Gasteiger partial charge is 0.378 e. The predicted molar refractivity (Wildman–Crippen MR) is 78.5 cm³/mol. The minimum absolute atomic E-state index is 0.107. The molecule has 0 radical (unpaired) electrons. The highest BCUT2D eigenvalue weighted by Gasteiger charge is 2.24. The molecular weight excluding hydrogens is 288 g/mol. The van der Waals surface area contributed by atoms with E-state index >= 15 is 0 Å². The summed E-state index contributed by atoms with van der Waals surface area (Å²) in [5, 5.41) is 3.57. The van der Waals surface area contributed by atoms with Gasteiger partial charge in [0.15, 0.2) is 0 Å². The van der Waals surface area contributed by atoms with Gasteiger partial charge in [-0.3, -0.25) is 0 Å². The third kappa shape index (κ3) is 2.16. The Morgan fingerprint density at radius 3 is 2.56 bits per heavy atom. The molecule has 18 heavy (non-hydrogen) atoms. The molecule has 2 nitrogen and oxygen atoms in total. The summed E-state index contributed by atoms with van der Waals surface area (Å²) in [6.45, 7) is 0. The van der Waals surface area contributed by atoms with E-state index in [9.17, 15) is 0 Å². The summed E-state index contributed by atoms with van der Waals surface area (Å²) in [6.07, 6.45) is 0.929. The van der Waals surface area contributed by atoms with E-state index in [2.05, 4.69) is 57.6 Å². The minimum Gasteiger partial charge on any atom is -0.378 e. The van der Waals surface area contributed by atoms with Gasteiger partial charge >= 0.3 is 0 Å². The van der Waals surface area contributed by atoms with E-state index in [-0.39, 0.29) is 6.04 Å². The lowest BCUT2D eigenvalue weighted by atomic mass is 9.90. The Morgan fingerprint density at radius 2 is 1.78 bits per heavy atom. The maximum absolute atomic E-state index is 6.25. The van der Waals surface area contributed by atoms with Crippen molar-refractivity contribution in [1.82, 2.24) is 0 Å². The molecule has 92 valence electrons. The fraction of sp³-hybridized carbons (Fsp3) is 0.200. The summed E-state index contributed by atoms with van der Waals surface area (Å²) < 4.78 is 1.10. The molecule has 1 heterocycles. The van der Waals surface area contributed by atoms with Crippen molar-refractivity contribution in [2.75, 3.05) is 5.32 Å². The van der Waals surface area contributed by atoms with Crippen LogP contribution in [0.1, 0.15) is 29.6 Å². The van der Waals surface area contributed by atoms with E-state index in [0.717, 1.165) is 16.6 Å². The Labute approximate surface area is 115 Å².